The summed E-state index contributed by atoms with van der Waals surface area (Å²) in [6.07, 6.45) is 0. The second kappa shape index (κ2) is 4.80. The first-order chi connectivity index (χ1) is 7.74. The van der Waals surface area contributed by atoms with Crippen LogP contribution in [0.25, 0.3) is 0 Å². The zero-order chi connectivity index (χ0) is 13.2. The van der Waals surface area contributed by atoms with Gasteiger partial charge in [-0.2, -0.15) is 4.72 Å². The Morgan fingerprint density at radius 1 is 1.47 bits per heavy atom. The van der Waals surface area contributed by atoms with Gasteiger partial charge in [-0.3, -0.25) is 4.79 Å². The minimum absolute atomic E-state index is 0.162. The van der Waals surface area contributed by atoms with Crippen molar-refractivity contribution < 1.29 is 22.7 Å². The molecule has 0 aliphatic heterocycles. The third-order valence-electron chi connectivity index (χ3n) is 2.14. The second-order valence-corrected chi connectivity index (χ2v) is 5.31. The monoisotopic (exact) mass is 261 g/mol. The average molecular weight is 261 g/mol. The van der Waals surface area contributed by atoms with Gasteiger partial charge >= 0.3 is 5.97 Å². The van der Waals surface area contributed by atoms with Crippen LogP contribution in [0.1, 0.15) is 12.5 Å². The molecule has 7 heteroatoms. The topological polar surface area (TPSA) is 83.5 Å². The largest absolute Gasteiger partial charge is 0.480 e. The van der Waals surface area contributed by atoms with Crippen LogP contribution in [-0.4, -0.2) is 25.5 Å². The molecule has 1 aromatic rings. The predicted molar refractivity (Wildman–Crippen MR) is 58.6 cm³/mol. The number of aliphatic carboxylic acids is 1. The zero-order valence-corrected chi connectivity index (χ0v) is 10.1. The molecule has 94 valence electrons. The molecule has 0 saturated carbocycles. The van der Waals surface area contributed by atoms with Crippen molar-refractivity contribution in [3.8, 4) is 0 Å². The van der Waals surface area contributed by atoms with Crippen molar-refractivity contribution >= 4 is 16.0 Å². The number of sulfonamides is 1. The molecular formula is C10H12FNO4S. The smallest absolute Gasteiger partial charge is 0.321 e. The molecule has 17 heavy (non-hydrogen) atoms. The van der Waals surface area contributed by atoms with Gasteiger partial charge in [0.25, 0.3) is 0 Å². The number of carboxylic acids is 1. The van der Waals surface area contributed by atoms with Crippen molar-refractivity contribution in [1.29, 1.82) is 0 Å². The summed E-state index contributed by atoms with van der Waals surface area (Å²) in [6.45, 7) is 2.63. The van der Waals surface area contributed by atoms with Crippen molar-refractivity contribution in [3.05, 3.63) is 29.6 Å². The van der Waals surface area contributed by atoms with Crippen molar-refractivity contribution in [2.75, 3.05) is 0 Å². The summed E-state index contributed by atoms with van der Waals surface area (Å²) in [5.74, 6) is -1.80. The number of hydrogen-bond acceptors (Lipinski definition) is 3. The van der Waals surface area contributed by atoms with E-state index < -0.39 is 27.9 Å². The maximum Gasteiger partial charge on any atom is 0.321 e. The standard InChI is InChI=1S/C10H12FNO4S/c1-6-5-8(3-4-9(6)11)17(15,16)12-7(2)10(13)14/h3-5,7,12H,1-2H3,(H,13,14). The van der Waals surface area contributed by atoms with Gasteiger partial charge in [0.2, 0.25) is 10.0 Å². The van der Waals surface area contributed by atoms with Crippen LogP contribution in [0.5, 0.6) is 0 Å². The minimum Gasteiger partial charge on any atom is -0.480 e. The first kappa shape index (κ1) is 13.6. The first-order valence-electron chi connectivity index (χ1n) is 4.75. The van der Waals surface area contributed by atoms with Gasteiger partial charge in [-0.15, -0.1) is 0 Å². The Bertz CT molecular complexity index is 541. The van der Waals surface area contributed by atoms with E-state index in [1.807, 2.05) is 4.72 Å². The van der Waals surface area contributed by atoms with E-state index in [1.165, 1.54) is 13.8 Å². The highest BCUT2D eigenvalue weighted by Gasteiger charge is 2.21. The molecule has 5 nitrogen and oxygen atoms in total. The van der Waals surface area contributed by atoms with Crippen LogP contribution in [0.4, 0.5) is 4.39 Å². The van der Waals surface area contributed by atoms with Crippen molar-refractivity contribution in [2.24, 2.45) is 0 Å². The van der Waals surface area contributed by atoms with E-state index in [2.05, 4.69) is 0 Å². The summed E-state index contributed by atoms with van der Waals surface area (Å²) < 4.78 is 38.4. The van der Waals surface area contributed by atoms with E-state index in [0.29, 0.717) is 0 Å². The van der Waals surface area contributed by atoms with Crippen molar-refractivity contribution in [1.82, 2.24) is 4.72 Å². The summed E-state index contributed by atoms with van der Waals surface area (Å²) in [6, 6.07) is 2.01. The SMILES string of the molecule is Cc1cc(S(=O)(=O)NC(C)C(=O)O)ccc1F. The van der Waals surface area contributed by atoms with Crippen LogP contribution in [0, 0.1) is 12.7 Å². The van der Waals surface area contributed by atoms with Crippen LogP contribution < -0.4 is 4.72 Å². The zero-order valence-electron chi connectivity index (χ0n) is 9.27. The summed E-state index contributed by atoms with van der Waals surface area (Å²) >= 11 is 0. The lowest BCUT2D eigenvalue weighted by molar-refractivity contribution is -0.138. The van der Waals surface area contributed by atoms with Crippen LogP contribution in [0.15, 0.2) is 23.1 Å². The van der Waals surface area contributed by atoms with Crippen LogP contribution in [0.3, 0.4) is 0 Å². The van der Waals surface area contributed by atoms with E-state index in [0.717, 1.165) is 18.2 Å². The molecule has 1 atom stereocenters. The molecule has 0 bridgehead atoms. The Hall–Kier alpha value is -1.47. The summed E-state index contributed by atoms with van der Waals surface area (Å²) in [5, 5.41) is 8.60. The summed E-state index contributed by atoms with van der Waals surface area (Å²) in [4.78, 5) is 10.4. The van der Waals surface area contributed by atoms with Gasteiger partial charge in [0.1, 0.15) is 11.9 Å². The summed E-state index contributed by atoms with van der Waals surface area (Å²) in [5.41, 5.74) is 0.177. The molecule has 0 aliphatic carbocycles. The number of carboxylic acid groups (broad SMARTS) is 1. The van der Waals surface area contributed by atoms with Crippen LogP contribution in [0.2, 0.25) is 0 Å². The Morgan fingerprint density at radius 3 is 2.53 bits per heavy atom. The highest BCUT2D eigenvalue weighted by Crippen LogP contribution is 2.14. The Balaban J connectivity index is 3.05. The highest BCUT2D eigenvalue weighted by atomic mass is 32.2. The van der Waals surface area contributed by atoms with E-state index in [9.17, 15) is 17.6 Å². The fourth-order valence-electron chi connectivity index (χ4n) is 1.14. The van der Waals surface area contributed by atoms with E-state index >= 15 is 0 Å². The van der Waals surface area contributed by atoms with Gasteiger partial charge in [-0.05, 0) is 37.6 Å². The molecule has 0 amide bonds. The maximum atomic E-state index is 13.0. The fourth-order valence-corrected chi connectivity index (χ4v) is 2.42. The third-order valence-corrected chi connectivity index (χ3v) is 3.68. The second-order valence-electron chi connectivity index (χ2n) is 3.59. The Kier molecular flexibility index (Phi) is 3.84. The number of halogens is 1. The average Bonchev–Trinajstić information content (AvgIpc) is 2.21. The van der Waals surface area contributed by atoms with E-state index in [4.69, 9.17) is 5.11 Å². The van der Waals surface area contributed by atoms with Crippen LogP contribution in [-0.2, 0) is 14.8 Å². The maximum absolute atomic E-state index is 13.0. The minimum atomic E-state index is -3.94. The number of aryl methyl sites for hydroxylation is 1. The molecule has 2 N–H and O–H groups in total. The molecule has 0 radical (unpaired) electrons. The van der Waals surface area contributed by atoms with Gasteiger partial charge in [-0.1, -0.05) is 0 Å². The lowest BCUT2D eigenvalue weighted by atomic mass is 10.2. The lowest BCUT2D eigenvalue weighted by Crippen LogP contribution is -2.38. The van der Waals surface area contributed by atoms with Crippen molar-refractivity contribution in [3.63, 3.8) is 0 Å². The van der Waals surface area contributed by atoms with Gasteiger partial charge in [0.15, 0.2) is 0 Å². The number of nitrogens with one attached hydrogen (secondary N) is 1. The quantitative estimate of drug-likeness (QED) is 0.843. The molecule has 1 unspecified atom stereocenters. The van der Waals surface area contributed by atoms with Crippen molar-refractivity contribution in [2.45, 2.75) is 24.8 Å². The highest BCUT2D eigenvalue weighted by molar-refractivity contribution is 7.89. The molecule has 1 rings (SSSR count). The summed E-state index contributed by atoms with van der Waals surface area (Å²) in [7, 11) is -3.94. The van der Waals surface area contributed by atoms with Gasteiger partial charge < -0.3 is 5.11 Å². The van der Waals surface area contributed by atoms with Crippen LogP contribution >= 0.6 is 0 Å². The van der Waals surface area contributed by atoms with E-state index in [1.54, 1.807) is 0 Å². The molecule has 1 aromatic carbocycles. The first-order valence-corrected chi connectivity index (χ1v) is 6.23. The third kappa shape index (κ3) is 3.24. The fraction of sp³-hybridized carbons (Fsp3) is 0.300. The van der Waals surface area contributed by atoms with Gasteiger partial charge in [0, 0.05) is 0 Å². The van der Waals surface area contributed by atoms with Gasteiger partial charge in [0.05, 0.1) is 4.90 Å². The van der Waals surface area contributed by atoms with E-state index in [-0.39, 0.29) is 10.5 Å². The molecule has 0 saturated heterocycles. The Labute approximate surface area is 98.3 Å². The lowest BCUT2D eigenvalue weighted by Gasteiger charge is -2.10. The number of hydrogen-bond donors (Lipinski definition) is 2. The molecule has 0 fully saturated rings. The predicted octanol–water partition coefficient (Wildman–Crippen LogP) is 0.886. The molecule has 0 aliphatic rings. The van der Waals surface area contributed by atoms with Gasteiger partial charge in [-0.25, -0.2) is 12.8 Å². The molecule has 0 heterocycles. The normalized spacial score (nSPS) is 13.4. The molecule has 0 spiro atoms. The number of carbonyl (C=O) groups is 1. The Morgan fingerprint density at radius 2 is 2.06 bits per heavy atom. The molecular weight excluding hydrogens is 249 g/mol. The number of rotatable bonds is 4. The molecule has 0 aromatic heterocycles. The number of benzene rings is 1.